The number of hydrogen-bond donors (Lipinski definition) is 0. The van der Waals surface area contributed by atoms with Crippen LogP contribution in [0, 0.1) is 11.3 Å². The molecule has 1 heterocycles. The minimum atomic E-state index is -0.188. The fraction of sp³-hybridized carbons (Fsp3) is 0.0600. The largest absolute Gasteiger partial charge is 0.228 e. The van der Waals surface area contributed by atoms with E-state index in [2.05, 4.69) is 159 Å². The van der Waals surface area contributed by atoms with E-state index in [9.17, 15) is 5.26 Å². The van der Waals surface area contributed by atoms with Crippen LogP contribution in [0.1, 0.15) is 30.5 Å². The van der Waals surface area contributed by atoms with E-state index in [-0.39, 0.29) is 5.41 Å². The Morgan fingerprint density at radius 1 is 0.415 bits per heavy atom. The van der Waals surface area contributed by atoms with Gasteiger partial charge in [-0.2, -0.15) is 5.26 Å². The molecule has 0 bridgehead atoms. The third-order valence-corrected chi connectivity index (χ3v) is 10.6. The van der Waals surface area contributed by atoms with Crippen LogP contribution in [0.4, 0.5) is 0 Å². The van der Waals surface area contributed by atoms with Crippen LogP contribution in [-0.2, 0) is 5.41 Å². The molecule has 1 aromatic heterocycles. The topological polar surface area (TPSA) is 49.6 Å². The number of nitriles is 1. The van der Waals surface area contributed by atoms with Gasteiger partial charge in [-0.1, -0.05) is 159 Å². The summed E-state index contributed by atoms with van der Waals surface area (Å²) in [7, 11) is 0. The summed E-state index contributed by atoms with van der Waals surface area (Å²) >= 11 is 0. The zero-order valence-electron chi connectivity index (χ0n) is 29.6. The van der Waals surface area contributed by atoms with Gasteiger partial charge < -0.3 is 0 Å². The molecule has 1 aliphatic carbocycles. The van der Waals surface area contributed by atoms with Crippen molar-refractivity contribution in [2.75, 3.05) is 0 Å². The van der Waals surface area contributed by atoms with Crippen LogP contribution in [0.5, 0.6) is 0 Å². The summed E-state index contributed by atoms with van der Waals surface area (Å²) < 4.78 is 0. The van der Waals surface area contributed by atoms with Crippen LogP contribution in [0.15, 0.2) is 176 Å². The van der Waals surface area contributed by atoms with Crippen LogP contribution in [0.2, 0.25) is 0 Å². The molecular weight excluding hydrogens is 643 g/mol. The Morgan fingerprint density at radius 3 is 1.58 bits per heavy atom. The second-order valence-corrected chi connectivity index (χ2v) is 14.2. The molecule has 3 nitrogen and oxygen atoms in total. The number of rotatable bonds is 6. The van der Waals surface area contributed by atoms with E-state index in [1.165, 1.54) is 22.3 Å². The van der Waals surface area contributed by atoms with Crippen molar-refractivity contribution in [3.05, 3.63) is 193 Å². The predicted molar refractivity (Wildman–Crippen MR) is 217 cm³/mol. The summed E-state index contributed by atoms with van der Waals surface area (Å²) in [5.41, 5.74) is 17.0. The molecule has 0 N–H and O–H groups in total. The summed E-state index contributed by atoms with van der Waals surface area (Å²) in [4.78, 5) is 10.1. The van der Waals surface area contributed by atoms with E-state index in [1.54, 1.807) is 0 Å². The Bertz CT molecular complexity index is 2690. The van der Waals surface area contributed by atoms with Crippen LogP contribution in [-0.4, -0.2) is 9.97 Å². The van der Waals surface area contributed by atoms with Gasteiger partial charge in [0.05, 0.1) is 23.0 Å². The molecule has 0 atom stereocenters. The predicted octanol–water partition coefficient (Wildman–Crippen LogP) is 12.7. The lowest BCUT2D eigenvalue weighted by molar-refractivity contribution is 0.660. The molecule has 8 aromatic rings. The first-order valence-electron chi connectivity index (χ1n) is 18.0. The fourth-order valence-corrected chi connectivity index (χ4v) is 7.72. The van der Waals surface area contributed by atoms with Crippen LogP contribution < -0.4 is 0 Å². The van der Waals surface area contributed by atoms with E-state index in [0.29, 0.717) is 5.82 Å². The van der Waals surface area contributed by atoms with Crippen LogP contribution >= 0.6 is 0 Å². The number of nitrogens with zero attached hydrogens (tertiary/aromatic N) is 3. The zero-order chi connectivity index (χ0) is 35.9. The van der Waals surface area contributed by atoms with Crippen molar-refractivity contribution >= 4 is 0 Å². The number of aromatic nitrogens is 2. The molecule has 0 saturated heterocycles. The first-order valence-corrected chi connectivity index (χ1v) is 18.0. The van der Waals surface area contributed by atoms with Gasteiger partial charge in [-0.25, -0.2) is 9.97 Å². The van der Waals surface area contributed by atoms with Gasteiger partial charge >= 0.3 is 0 Å². The first-order chi connectivity index (χ1) is 26.0. The van der Waals surface area contributed by atoms with E-state index in [1.807, 2.05) is 36.4 Å². The maximum atomic E-state index is 9.86. The van der Waals surface area contributed by atoms with Crippen molar-refractivity contribution in [1.29, 1.82) is 5.26 Å². The van der Waals surface area contributed by atoms with Gasteiger partial charge in [-0.05, 0) is 80.4 Å². The van der Waals surface area contributed by atoms with Gasteiger partial charge in [0.1, 0.15) is 0 Å². The molecule has 7 aromatic carbocycles. The molecule has 0 amide bonds. The van der Waals surface area contributed by atoms with Crippen molar-refractivity contribution < 1.29 is 0 Å². The Hall–Kier alpha value is -6.89. The monoisotopic (exact) mass is 677 g/mol. The molecule has 0 aliphatic heterocycles. The van der Waals surface area contributed by atoms with Crippen molar-refractivity contribution in [2.45, 2.75) is 19.3 Å². The molecule has 250 valence electrons. The molecule has 53 heavy (non-hydrogen) atoms. The van der Waals surface area contributed by atoms with E-state index in [0.717, 1.165) is 67.0 Å². The lowest BCUT2D eigenvalue weighted by Gasteiger charge is -2.22. The Morgan fingerprint density at radius 2 is 0.906 bits per heavy atom. The highest BCUT2D eigenvalue weighted by molar-refractivity contribution is 5.87. The van der Waals surface area contributed by atoms with E-state index < -0.39 is 0 Å². The molecule has 9 rings (SSSR count). The van der Waals surface area contributed by atoms with Crippen LogP contribution in [0.25, 0.3) is 78.4 Å². The highest BCUT2D eigenvalue weighted by Crippen LogP contribution is 2.51. The molecule has 1 aliphatic rings. The van der Waals surface area contributed by atoms with E-state index >= 15 is 0 Å². The Labute approximate surface area is 310 Å². The second-order valence-electron chi connectivity index (χ2n) is 14.2. The first kappa shape index (κ1) is 32.0. The summed E-state index contributed by atoms with van der Waals surface area (Å²) in [5, 5.41) is 9.86. The van der Waals surface area contributed by atoms with E-state index in [4.69, 9.17) is 9.97 Å². The summed E-state index contributed by atoms with van der Waals surface area (Å²) in [5.74, 6) is 0.699. The molecule has 0 fully saturated rings. The molecule has 0 radical (unpaired) electrons. The number of benzene rings is 7. The van der Waals surface area contributed by atoms with Gasteiger partial charge in [-0.3, -0.25) is 0 Å². The van der Waals surface area contributed by atoms with Gasteiger partial charge in [0.15, 0.2) is 5.82 Å². The minimum Gasteiger partial charge on any atom is -0.228 e. The lowest BCUT2D eigenvalue weighted by Crippen LogP contribution is -2.15. The molecular formula is C50H35N3. The third kappa shape index (κ3) is 5.81. The van der Waals surface area contributed by atoms with Crippen LogP contribution in [0.3, 0.4) is 0 Å². The van der Waals surface area contributed by atoms with Gasteiger partial charge in [0, 0.05) is 27.7 Å². The lowest BCUT2D eigenvalue weighted by atomic mass is 9.81. The Balaban J connectivity index is 1.06. The molecule has 0 spiro atoms. The average molecular weight is 678 g/mol. The van der Waals surface area contributed by atoms with Gasteiger partial charge in [-0.15, -0.1) is 0 Å². The third-order valence-electron chi connectivity index (χ3n) is 10.6. The minimum absolute atomic E-state index is 0.188. The van der Waals surface area contributed by atoms with Gasteiger partial charge in [0.2, 0.25) is 0 Å². The maximum absolute atomic E-state index is 9.86. The van der Waals surface area contributed by atoms with Crippen molar-refractivity contribution in [2.24, 2.45) is 0 Å². The molecule has 0 unspecified atom stereocenters. The second kappa shape index (κ2) is 13.0. The standard InChI is InChI=1S/C50H35N3/c1-50(2)44-21-11-20-42(32-51)48(44)43-27-26-40(30-45(43)50)39-18-9-16-37(28-39)34-22-24-35(25-23-34)46-31-47(53-49(52-46)36-14-7-4-8-15-36)41-19-10-17-38(29-41)33-12-5-3-6-13-33/h3-31H,1-2H3. The average Bonchev–Trinajstić information content (AvgIpc) is 3.47. The molecule has 3 heteroatoms. The normalized spacial score (nSPS) is 12.5. The maximum Gasteiger partial charge on any atom is 0.160 e. The van der Waals surface area contributed by atoms with Crippen molar-refractivity contribution in [3.63, 3.8) is 0 Å². The highest BCUT2D eigenvalue weighted by Gasteiger charge is 2.37. The van der Waals surface area contributed by atoms with Gasteiger partial charge in [0.25, 0.3) is 0 Å². The fourth-order valence-electron chi connectivity index (χ4n) is 7.72. The summed E-state index contributed by atoms with van der Waals surface area (Å²) in [6.07, 6.45) is 0. The summed E-state index contributed by atoms with van der Waals surface area (Å²) in [6, 6.07) is 63.9. The highest BCUT2D eigenvalue weighted by atomic mass is 14.9. The van der Waals surface area contributed by atoms with Crippen molar-refractivity contribution in [1.82, 2.24) is 9.97 Å². The summed E-state index contributed by atoms with van der Waals surface area (Å²) in [6.45, 7) is 4.51. The molecule has 0 saturated carbocycles. The SMILES string of the molecule is CC1(C)c2cc(-c3cccc(-c4ccc(-c5cc(-c6cccc(-c7ccccc7)c6)nc(-c6ccccc6)n5)cc4)c3)ccc2-c2c(C#N)cccc21. The van der Waals surface area contributed by atoms with Crippen molar-refractivity contribution in [3.8, 4) is 84.5 Å². The zero-order valence-corrected chi connectivity index (χ0v) is 29.6. The number of fused-ring (bicyclic) bond motifs is 3. The Kier molecular flexibility index (Phi) is 7.87. The number of hydrogen-bond acceptors (Lipinski definition) is 3. The quantitative estimate of drug-likeness (QED) is 0.176. The smallest absolute Gasteiger partial charge is 0.160 e.